The molecule has 102 valence electrons. The van der Waals surface area contributed by atoms with Gasteiger partial charge in [0.25, 0.3) is 0 Å². The molecule has 4 heteroatoms. The molecule has 0 spiro atoms. The Morgan fingerprint density at radius 1 is 1.28 bits per heavy atom. The first-order valence-electron chi connectivity index (χ1n) is 7.46. The average Bonchev–Trinajstić information content (AvgIpc) is 2.80. The summed E-state index contributed by atoms with van der Waals surface area (Å²) in [5.41, 5.74) is 8.03. The van der Waals surface area contributed by atoms with Crippen LogP contribution in [0.4, 0.5) is 0 Å². The fourth-order valence-electron chi connectivity index (χ4n) is 3.01. The van der Waals surface area contributed by atoms with E-state index in [0.29, 0.717) is 6.54 Å². The van der Waals surface area contributed by atoms with Crippen LogP contribution in [0, 0.1) is 5.92 Å². The zero-order valence-electron chi connectivity index (χ0n) is 11.6. The van der Waals surface area contributed by atoms with Crippen LogP contribution in [-0.4, -0.2) is 15.0 Å². The number of hydrogen-bond acceptors (Lipinski definition) is 3. The van der Waals surface area contributed by atoms with Crippen LogP contribution in [-0.2, 0) is 19.5 Å². The molecule has 1 aromatic heterocycles. The predicted molar refractivity (Wildman–Crippen MR) is 73.1 cm³/mol. The van der Waals surface area contributed by atoms with Gasteiger partial charge in [0.05, 0.1) is 11.4 Å². The van der Waals surface area contributed by atoms with Gasteiger partial charge in [-0.25, -0.2) is 4.68 Å². The van der Waals surface area contributed by atoms with E-state index in [1.165, 1.54) is 44.2 Å². The van der Waals surface area contributed by atoms with Gasteiger partial charge in [-0.3, -0.25) is 0 Å². The van der Waals surface area contributed by atoms with Crippen LogP contribution in [0.15, 0.2) is 0 Å². The van der Waals surface area contributed by atoms with Crippen molar-refractivity contribution in [1.29, 1.82) is 0 Å². The Bertz CT molecular complexity index is 353. The van der Waals surface area contributed by atoms with Gasteiger partial charge in [0.15, 0.2) is 0 Å². The number of aromatic nitrogens is 3. The lowest BCUT2D eigenvalue weighted by molar-refractivity contribution is 0.336. The molecule has 1 aromatic rings. The van der Waals surface area contributed by atoms with Crippen LogP contribution in [0.5, 0.6) is 0 Å². The molecule has 1 heterocycles. The van der Waals surface area contributed by atoms with Gasteiger partial charge >= 0.3 is 0 Å². The van der Waals surface area contributed by atoms with Crippen molar-refractivity contribution >= 4 is 0 Å². The molecule has 0 aromatic carbocycles. The highest BCUT2D eigenvalue weighted by atomic mass is 15.4. The number of aryl methyl sites for hydroxylation is 1. The molecule has 0 atom stereocenters. The molecule has 0 amide bonds. The van der Waals surface area contributed by atoms with Crippen molar-refractivity contribution in [1.82, 2.24) is 15.0 Å². The van der Waals surface area contributed by atoms with Crippen molar-refractivity contribution in [2.45, 2.75) is 71.4 Å². The van der Waals surface area contributed by atoms with E-state index in [0.717, 1.165) is 31.0 Å². The fourth-order valence-corrected chi connectivity index (χ4v) is 3.01. The molecule has 18 heavy (non-hydrogen) atoms. The van der Waals surface area contributed by atoms with Crippen molar-refractivity contribution in [2.75, 3.05) is 0 Å². The molecule has 1 fully saturated rings. The minimum Gasteiger partial charge on any atom is -0.325 e. The van der Waals surface area contributed by atoms with Gasteiger partial charge in [-0.15, -0.1) is 5.10 Å². The Morgan fingerprint density at radius 3 is 2.72 bits per heavy atom. The molecule has 0 aliphatic heterocycles. The normalized spacial score (nSPS) is 17.2. The highest BCUT2D eigenvalue weighted by Gasteiger charge is 2.16. The fraction of sp³-hybridized carbons (Fsp3) is 0.857. The largest absolute Gasteiger partial charge is 0.325 e. The SMILES string of the molecule is CCCn1nnc(CN)c1CCC1CCCCC1. The van der Waals surface area contributed by atoms with E-state index >= 15 is 0 Å². The summed E-state index contributed by atoms with van der Waals surface area (Å²) >= 11 is 0. The summed E-state index contributed by atoms with van der Waals surface area (Å²) in [6.07, 6.45) is 10.6. The molecule has 0 bridgehead atoms. The van der Waals surface area contributed by atoms with Gasteiger partial charge in [-0.05, 0) is 25.2 Å². The standard InChI is InChI=1S/C14H26N4/c1-2-10-18-14(13(11-15)16-17-18)9-8-12-6-4-3-5-7-12/h12H,2-11,15H2,1H3. The van der Waals surface area contributed by atoms with E-state index < -0.39 is 0 Å². The number of nitrogens with zero attached hydrogens (tertiary/aromatic N) is 3. The van der Waals surface area contributed by atoms with Crippen LogP contribution in [0.25, 0.3) is 0 Å². The van der Waals surface area contributed by atoms with Crippen LogP contribution in [0.2, 0.25) is 0 Å². The molecule has 2 N–H and O–H groups in total. The maximum Gasteiger partial charge on any atom is 0.0994 e. The summed E-state index contributed by atoms with van der Waals surface area (Å²) in [6, 6.07) is 0. The lowest BCUT2D eigenvalue weighted by Crippen LogP contribution is -2.12. The third-order valence-electron chi connectivity index (χ3n) is 4.06. The number of nitrogens with two attached hydrogens (primary N) is 1. The van der Waals surface area contributed by atoms with Gasteiger partial charge in [0.1, 0.15) is 0 Å². The van der Waals surface area contributed by atoms with Gasteiger partial charge in [0.2, 0.25) is 0 Å². The first kappa shape index (κ1) is 13.5. The van der Waals surface area contributed by atoms with E-state index in [9.17, 15) is 0 Å². The summed E-state index contributed by atoms with van der Waals surface area (Å²) in [5.74, 6) is 0.911. The van der Waals surface area contributed by atoms with Crippen LogP contribution in [0.3, 0.4) is 0 Å². The highest BCUT2D eigenvalue weighted by Crippen LogP contribution is 2.27. The monoisotopic (exact) mass is 250 g/mol. The van der Waals surface area contributed by atoms with Gasteiger partial charge in [-0.2, -0.15) is 0 Å². The Hall–Kier alpha value is -0.900. The van der Waals surface area contributed by atoms with E-state index in [1.54, 1.807) is 0 Å². The molecular weight excluding hydrogens is 224 g/mol. The van der Waals surface area contributed by atoms with Crippen molar-refractivity contribution in [3.63, 3.8) is 0 Å². The maximum atomic E-state index is 5.75. The molecular formula is C14H26N4. The minimum absolute atomic E-state index is 0.518. The van der Waals surface area contributed by atoms with Crippen molar-refractivity contribution < 1.29 is 0 Å². The molecule has 1 aliphatic rings. The zero-order valence-corrected chi connectivity index (χ0v) is 11.6. The first-order chi connectivity index (χ1) is 8.85. The topological polar surface area (TPSA) is 56.7 Å². The Kier molecular flexibility index (Phi) is 5.17. The van der Waals surface area contributed by atoms with Crippen molar-refractivity contribution in [3.8, 4) is 0 Å². The Morgan fingerprint density at radius 2 is 2.06 bits per heavy atom. The molecule has 2 rings (SSSR count). The van der Waals surface area contributed by atoms with E-state index in [2.05, 4.69) is 21.9 Å². The highest BCUT2D eigenvalue weighted by molar-refractivity contribution is 5.10. The summed E-state index contributed by atoms with van der Waals surface area (Å²) in [6.45, 7) is 3.66. The van der Waals surface area contributed by atoms with E-state index in [1.807, 2.05) is 0 Å². The first-order valence-corrected chi connectivity index (χ1v) is 7.46. The second-order valence-corrected chi connectivity index (χ2v) is 5.45. The van der Waals surface area contributed by atoms with Crippen molar-refractivity contribution in [3.05, 3.63) is 11.4 Å². The van der Waals surface area contributed by atoms with Gasteiger partial charge < -0.3 is 5.73 Å². The third-order valence-corrected chi connectivity index (χ3v) is 4.06. The van der Waals surface area contributed by atoms with Gasteiger partial charge in [-0.1, -0.05) is 44.2 Å². The molecule has 0 radical (unpaired) electrons. The average molecular weight is 250 g/mol. The van der Waals surface area contributed by atoms with E-state index in [-0.39, 0.29) is 0 Å². The van der Waals surface area contributed by atoms with Crippen LogP contribution < -0.4 is 5.73 Å². The minimum atomic E-state index is 0.518. The van der Waals surface area contributed by atoms with Crippen LogP contribution >= 0.6 is 0 Å². The zero-order chi connectivity index (χ0) is 12.8. The maximum absolute atomic E-state index is 5.75. The lowest BCUT2D eigenvalue weighted by atomic mass is 9.85. The van der Waals surface area contributed by atoms with Crippen molar-refractivity contribution in [2.24, 2.45) is 11.7 Å². The summed E-state index contributed by atoms with van der Waals surface area (Å²) in [5, 5.41) is 8.43. The van der Waals surface area contributed by atoms with Crippen LogP contribution in [0.1, 0.15) is 63.3 Å². The molecule has 1 aliphatic carbocycles. The molecule has 1 saturated carbocycles. The Balaban J connectivity index is 1.95. The predicted octanol–water partition coefficient (Wildman–Crippen LogP) is 2.66. The van der Waals surface area contributed by atoms with Gasteiger partial charge in [0, 0.05) is 13.1 Å². The number of hydrogen-bond donors (Lipinski definition) is 1. The second kappa shape index (κ2) is 6.88. The Labute approximate surface area is 110 Å². The summed E-state index contributed by atoms with van der Waals surface area (Å²) in [4.78, 5) is 0. The number of rotatable bonds is 6. The molecule has 0 unspecified atom stereocenters. The molecule has 0 saturated heterocycles. The lowest BCUT2D eigenvalue weighted by Gasteiger charge is -2.21. The summed E-state index contributed by atoms with van der Waals surface area (Å²) in [7, 11) is 0. The van der Waals surface area contributed by atoms with E-state index in [4.69, 9.17) is 5.73 Å². The third kappa shape index (κ3) is 3.31. The second-order valence-electron chi connectivity index (χ2n) is 5.45. The quantitative estimate of drug-likeness (QED) is 0.844. The summed E-state index contributed by atoms with van der Waals surface area (Å²) < 4.78 is 2.06. The smallest absolute Gasteiger partial charge is 0.0994 e. The molecule has 4 nitrogen and oxygen atoms in total.